The van der Waals surface area contributed by atoms with Crippen molar-refractivity contribution in [2.75, 3.05) is 0 Å². The Labute approximate surface area is 90.4 Å². The number of hydrogen-bond donors (Lipinski definition) is 2. The minimum Gasteiger partial charge on any atom is -0.493 e. The van der Waals surface area contributed by atoms with Crippen molar-refractivity contribution in [2.24, 2.45) is 0 Å². The van der Waals surface area contributed by atoms with Gasteiger partial charge < -0.3 is 10.1 Å². The second-order valence-electron chi connectivity index (χ2n) is 3.36. The van der Waals surface area contributed by atoms with Gasteiger partial charge in [0.1, 0.15) is 11.6 Å². The van der Waals surface area contributed by atoms with Gasteiger partial charge in [0.2, 0.25) is 5.88 Å². The van der Waals surface area contributed by atoms with Crippen LogP contribution in [-0.4, -0.2) is 15.1 Å². The lowest BCUT2D eigenvalue weighted by molar-refractivity contribution is 0.448. The van der Waals surface area contributed by atoms with Crippen LogP contribution in [-0.2, 0) is 6.42 Å². The number of hydrogen-bond acceptors (Lipinski definition) is 3. The molecule has 2 N–H and O–H groups in total. The molecule has 0 atom stereocenters. The molecule has 2 aromatic rings. The second-order valence-corrected chi connectivity index (χ2v) is 3.36. The molecule has 0 aliphatic carbocycles. The molecule has 0 spiro atoms. The fourth-order valence-corrected chi connectivity index (χ4v) is 1.42. The first-order valence-corrected chi connectivity index (χ1v) is 4.67. The van der Waals surface area contributed by atoms with Crippen molar-refractivity contribution in [3.05, 3.63) is 57.9 Å². The van der Waals surface area contributed by atoms with Crippen LogP contribution in [0, 0.1) is 5.82 Å². The molecule has 0 aliphatic heterocycles. The minimum atomic E-state index is -0.432. The van der Waals surface area contributed by atoms with E-state index in [1.807, 2.05) is 0 Å². The average Bonchev–Trinajstić information content (AvgIpc) is 2.15. The lowest BCUT2D eigenvalue weighted by Gasteiger charge is -2.01. The fourth-order valence-electron chi connectivity index (χ4n) is 1.42. The Balaban J connectivity index is 2.30. The average molecular weight is 220 g/mol. The molecule has 0 fully saturated rings. The first-order chi connectivity index (χ1) is 7.63. The summed E-state index contributed by atoms with van der Waals surface area (Å²) in [5.74, 6) is -0.384. The second kappa shape index (κ2) is 4.14. The number of rotatable bonds is 2. The third-order valence-electron chi connectivity index (χ3n) is 2.04. The predicted molar refractivity (Wildman–Crippen MR) is 55.7 cm³/mol. The van der Waals surface area contributed by atoms with E-state index in [2.05, 4.69) is 9.97 Å². The lowest BCUT2D eigenvalue weighted by Crippen LogP contribution is -2.09. The first kappa shape index (κ1) is 10.4. The van der Waals surface area contributed by atoms with Crippen LogP contribution < -0.4 is 5.56 Å². The molecule has 0 aliphatic rings. The van der Waals surface area contributed by atoms with Crippen molar-refractivity contribution in [3.63, 3.8) is 0 Å². The Morgan fingerprint density at radius 2 is 2.19 bits per heavy atom. The highest BCUT2D eigenvalue weighted by molar-refractivity contribution is 5.20. The third-order valence-corrected chi connectivity index (χ3v) is 2.04. The van der Waals surface area contributed by atoms with Crippen molar-refractivity contribution in [3.8, 4) is 5.88 Å². The SMILES string of the molecule is O=c1cc(O)nc(Cc2cccc(F)c2)[nH]1. The van der Waals surface area contributed by atoms with Crippen LogP contribution in [0.3, 0.4) is 0 Å². The van der Waals surface area contributed by atoms with E-state index in [0.29, 0.717) is 11.4 Å². The zero-order chi connectivity index (χ0) is 11.5. The highest BCUT2D eigenvalue weighted by Crippen LogP contribution is 2.08. The monoisotopic (exact) mass is 220 g/mol. The van der Waals surface area contributed by atoms with Crippen LogP contribution in [0.1, 0.15) is 11.4 Å². The molecule has 1 aromatic heterocycles. The van der Waals surface area contributed by atoms with Crippen LogP contribution >= 0.6 is 0 Å². The number of aromatic nitrogens is 2. The van der Waals surface area contributed by atoms with E-state index < -0.39 is 5.56 Å². The maximum absolute atomic E-state index is 12.9. The predicted octanol–water partition coefficient (Wildman–Crippen LogP) is 1.21. The molecule has 82 valence electrons. The quantitative estimate of drug-likeness (QED) is 0.799. The smallest absolute Gasteiger partial charge is 0.254 e. The van der Waals surface area contributed by atoms with Gasteiger partial charge in [0.15, 0.2) is 0 Å². The number of aromatic hydroxyl groups is 1. The molecule has 0 radical (unpaired) electrons. The van der Waals surface area contributed by atoms with Crippen molar-refractivity contribution < 1.29 is 9.50 Å². The summed E-state index contributed by atoms with van der Waals surface area (Å²) in [5.41, 5.74) is 0.243. The van der Waals surface area contributed by atoms with Crippen LogP contribution in [0.5, 0.6) is 5.88 Å². The summed E-state index contributed by atoms with van der Waals surface area (Å²) in [6.45, 7) is 0. The minimum absolute atomic E-state index is 0.265. The van der Waals surface area contributed by atoms with E-state index in [4.69, 9.17) is 5.11 Å². The Bertz CT molecular complexity index is 566. The molecule has 0 amide bonds. The van der Waals surface area contributed by atoms with Crippen LogP contribution in [0.4, 0.5) is 4.39 Å². The van der Waals surface area contributed by atoms with Gasteiger partial charge in [-0.3, -0.25) is 4.79 Å². The Hall–Kier alpha value is -2.17. The van der Waals surface area contributed by atoms with E-state index >= 15 is 0 Å². The van der Waals surface area contributed by atoms with Crippen molar-refractivity contribution in [2.45, 2.75) is 6.42 Å². The molecule has 5 heteroatoms. The molecular formula is C11H9FN2O2. The Morgan fingerprint density at radius 3 is 2.88 bits per heavy atom. The molecule has 4 nitrogen and oxygen atoms in total. The molecule has 0 saturated heterocycles. The van der Waals surface area contributed by atoms with E-state index in [9.17, 15) is 9.18 Å². The van der Waals surface area contributed by atoms with Gasteiger partial charge in [-0.25, -0.2) is 4.39 Å². The third kappa shape index (κ3) is 2.44. The number of nitrogens with one attached hydrogen (secondary N) is 1. The van der Waals surface area contributed by atoms with Crippen molar-refractivity contribution >= 4 is 0 Å². The summed E-state index contributed by atoms with van der Waals surface area (Å²) in [6, 6.07) is 6.96. The summed E-state index contributed by atoms with van der Waals surface area (Å²) in [4.78, 5) is 17.2. The number of benzene rings is 1. The molecule has 0 unspecified atom stereocenters. The maximum Gasteiger partial charge on any atom is 0.254 e. The van der Waals surface area contributed by atoms with E-state index in [1.54, 1.807) is 12.1 Å². The lowest BCUT2D eigenvalue weighted by atomic mass is 10.1. The maximum atomic E-state index is 12.9. The van der Waals surface area contributed by atoms with Crippen LogP contribution in [0.25, 0.3) is 0 Å². The molecule has 1 heterocycles. The van der Waals surface area contributed by atoms with Gasteiger partial charge in [-0.1, -0.05) is 12.1 Å². The topological polar surface area (TPSA) is 66.0 Å². The van der Waals surface area contributed by atoms with E-state index in [-0.39, 0.29) is 18.1 Å². The van der Waals surface area contributed by atoms with Crippen molar-refractivity contribution in [1.82, 2.24) is 9.97 Å². The summed E-state index contributed by atoms with van der Waals surface area (Å²) in [6.07, 6.45) is 0.265. The number of halogens is 1. The van der Waals surface area contributed by atoms with Gasteiger partial charge in [-0.15, -0.1) is 0 Å². The van der Waals surface area contributed by atoms with Crippen LogP contribution in [0.2, 0.25) is 0 Å². The highest BCUT2D eigenvalue weighted by Gasteiger charge is 2.02. The Morgan fingerprint density at radius 1 is 1.38 bits per heavy atom. The molecule has 16 heavy (non-hydrogen) atoms. The summed E-state index contributed by atoms with van der Waals surface area (Å²) < 4.78 is 12.9. The van der Waals surface area contributed by atoms with E-state index in [1.165, 1.54) is 12.1 Å². The number of H-pyrrole nitrogens is 1. The summed E-state index contributed by atoms with van der Waals surface area (Å²) in [5, 5.41) is 9.12. The van der Waals surface area contributed by atoms with Crippen LogP contribution in [0.15, 0.2) is 35.1 Å². The molecule has 1 aromatic carbocycles. The fraction of sp³-hybridized carbons (Fsp3) is 0.0909. The zero-order valence-corrected chi connectivity index (χ0v) is 8.27. The van der Waals surface area contributed by atoms with Gasteiger partial charge >= 0.3 is 0 Å². The summed E-state index contributed by atoms with van der Waals surface area (Å²) >= 11 is 0. The van der Waals surface area contributed by atoms with Gasteiger partial charge in [0.05, 0.1) is 6.07 Å². The van der Waals surface area contributed by atoms with Gasteiger partial charge in [-0.05, 0) is 17.7 Å². The molecular weight excluding hydrogens is 211 g/mol. The number of aromatic amines is 1. The molecule has 0 bridgehead atoms. The van der Waals surface area contributed by atoms with Gasteiger partial charge in [0.25, 0.3) is 5.56 Å². The zero-order valence-electron chi connectivity index (χ0n) is 8.27. The first-order valence-electron chi connectivity index (χ1n) is 4.67. The highest BCUT2D eigenvalue weighted by atomic mass is 19.1. The van der Waals surface area contributed by atoms with Gasteiger partial charge in [-0.2, -0.15) is 4.98 Å². The molecule has 2 rings (SSSR count). The number of nitrogens with zero attached hydrogens (tertiary/aromatic N) is 1. The standard InChI is InChI=1S/C11H9FN2O2/c12-8-3-1-2-7(4-8)5-9-13-10(15)6-11(16)14-9/h1-4,6H,5H2,(H2,13,14,15,16). The van der Waals surface area contributed by atoms with Crippen molar-refractivity contribution in [1.29, 1.82) is 0 Å². The molecule has 0 saturated carbocycles. The van der Waals surface area contributed by atoms with Gasteiger partial charge in [0, 0.05) is 6.42 Å². The largest absolute Gasteiger partial charge is 0.493 e. The summed E-state index contributed by atoms with van der Waals surface area (Å²) in [7, 11) is 0. The van der Waals surface area contributed by atoms with E-state index in [0.717, 1.165) is 6.07 Å². The Kier molecular flexibility index (Phi) is 2.68. The normalized spacial score (nSPS) is 10.3.